The fourth-order valence-electron chi connectivity index (χ4n) is 2.69. The lowest BCUT2D eigenvalue weighted by atomic mass is 9.79. The second-order valence-corrected chi connectivity index (χ2v) is 6.80. The van der Waals surface area contributed by atoms with Gasteiger partial charge in [-0.2, -0.15) is 0 Å². The number of nitrogens with zero attached hydrogens (tertiary/aromatic N) is 1. The third kappa shape index (κ3) is 1.90. The molecule has 0 unspecified atom stereocenters. The predicted octanol–water partition coefficient (Wildman–Crippen LogP) is 2.79. The van der Waals surface area contributed by atoms with Crippen molar-refractivity contribution >= 4 is 23.5 Å². The average Bonchev–Trinajstić information content (AvgIpc) is 2.74. The van der Waals surface area contributed by atoms with Gasteiger partial charge in [0.2, 0.25) is 0 Å². The average molecular weight is 271 g/mol. The van der Waals surface area contributed by atoms with E-state index in [1.165, 1.54) is 16.5 Å². The Morgan fingerprint density at radius 3 is 2.25 bits per heavy atom. The van der Waals surface area contributed by atoms with Crippen molar-refractivity contribution < 1.29 is 9.31 Å². The van der Waals surface area contributed by atoms with E-state index in [-0.39, 0.29) is 18.3 Å². The number of aromatic nitrogens is 1. The smallest absolute Gasteiger partial charge is 0.399 e. The van der Waals surface area contributed by atoms with E-state index in [1.807, 2.05) is 0 Å². The minimum atomic E-state index is -0.302. The van der Waals surface area contributed by atoms with Gasteiger partial charge in [0.05, 0.1) is 11.2 Å². The number of fused-ring (bicyclic) bond motifs is 1. The molecule has 0 N–H and O–H groups in total. The van der Waals surface area contributed by atoms with Crippen LogP contribution in [-0.4, -0.2) is 22.9 Å². The summed E-state index contributed by atoms with van der Waals surface area (Å²) in [5.74, 6) is 0. The van der Waals surface area contributed by atoms with Gasteiger partial charge in [-0.05, 0) is 46.1 Å². The number of aryl methyl sites for hydroxylation is 2. The molecule has 0 aliphatic carbocycles. The van der Waals surface area contributed by atoms with E-state index in [0.717, 1.165) is 5.46 Å². The van der Waals surface area contributed by atoms with Crippen molar-refractivity contribution in [1.29, 1.82) is 0 Å². The second kappa shape index (κ2) is 4.12. The molecule has 0 amide bonds. The first-order valence-electron chi connectivity index (χ1n) is 7.12. The number of hydrogen-bond acceptors (Lipinski definition) is 2. The van der Waals surface area contributed by atoms with Gasteiger partial charge in [-0.3, -0.25) is 0 Å². The van der Waals surface area contributed by atoms with Gasteiger partial charge in [0.1, 0.15) is 0 Å². The molecule has 106 valence electrons. The molecule has 1 fully saturated rings. The first kappa shape index (κ1) is 13.7. The Bertz CT molecular complexity index is 656. The van der Waals surface area contributed by atoms with Crippen molar-refractivity contribution in [2.45, 2.75) is 45.8 Å². The van der Waals surface area contributed by atoms with Crippen LogP contribution < -0.4 is 5.46 Å². The molecule has 0 radical (unpaired) electrons. The lowest BCUT2D eigenvalue weighted by molar-refractivity contribution is 0.00578. The highest BCUT2D eigenvalue weighted by atomic mass is 16.7. The van der Waals surface area contributed by atoms with Gasteiger partial charge in [0.25, 0.3) is 0 Å². The van der Waals surface area contributed by atoms with Crippen molar-refractivity contribution in [2.24, 2.45) is 7.05 Å². The van der Waals surface area contributed by atoms with Gasteiger partial charge in [-0.15, -0.1) is 0 Å². The zero-order valence-electron chi connectivity index (χ0n) is 13.2. The molecule has 2 heterocycles. The molecule has 1 aliphatic heterocycles. The summed E-state index contributed by atoms with van der Waals surface area (Å²) in [5.41, 5.74) is 2.97. The van der Waals surface area contributed by atoms with Crippen molar-refractivity contribution in [3.63, 3.8) is 0 Å². The van der Waals surface area contributed by atoms with E-state index >= 15 is 0 Å². The summed E-state index contributed by atoms with van der Waals surface area (Å²) >= 11 is 0. The Morgan fingerprint density at radius 1 is 1.05 bits per heavy atom. The van der Waals surface area contributed by atoms with E-state index in [0.29, 0.717) is 0 Å². The zero-order valence-corrected chi connectivity index (χ0v) is 13.2. The van der Waals surface area contributed by atoms with Crippen LogP contribution in [0.15, 0.2) is 24.4 Å². The Morgan fingerprint density at radius 2 is 1.65 bits per heavy atom. The summed E-state index contributed by atoms with van der Waals surface area (Å²) in [6.07, 6.45) is 2.12. The summed E-state index contributed by atoms with van der Waals surface area (Å²) in [7, 11) is 1.76. The molecule has 2 aromatic rings. The predicted molar refractivity (Wildman–Crippen MR) is 83.4 cm³/mol. The van der Waals surface area contributed by atoms with Crippen LogP contribution in [0.25, 0.3) is 10.9 Å². The largest absolute Gasteiger partial charge is 0.497 e. The quantitative estimate of drug-likeness (QED) is 0.744. The van der Waals surface area contributed by atoms with Crippen molar-refractivity contribution in [3.05, 3.63) is 30.0 Å². The Balaban J connectivity index is 2.10. The zero-order chi connectivity index (χ0) is 14.7. The molecule has 0 spiro atoms. The van der Waals surface area contributed by atoms with Gasteiger partial charge < -0.3 is 13.9 Å². The van der Waals surface area contributed by atoms with Gasteiger partial charge in [-0.1, -0.05) is 17.7 Å². The van der Waals surface area contributed by atoms with Crippen molar-refractivity contribution in [3.8, 4) is 0 Å². The van der Waals surface area contributed by atoms with E-state index < -0.39 is 0 Å². The maximum absolute atomic E-state index is 6.18. The number of hydrogen-bond donors (Lipinski definition) is 0. The first-order valence-corrected chi connectivity index (χ1v) is 7.12. The molecule has 0 saturated carbocycles. The lowest BCUT2D eigenvalue weighted by Gasteiger charge is -2.32. The maximum atomic E-state index is 6.18. The molecular formula is C16H22BNO2. The highest BCUT2D eigenvalue weighted by molar-refractivity contribution is 6.65. The summed E-state index contributed by atoms with van der Waals surface area (Å²) in [4.78, 5) is 0. The van der Waals surface area contributed by atoms with Crippen LogP contribution in [0.2, 0.25) is 0 Å². The highest BCUT2D eigenvalue weighted by Gasteiger charge is 2.52. The van der Waals surface area contributed by atoms with Gasteiger partial charge in [0.15, 0.2) is 0 Å². The minimum Gasteiger partial charge on any atom is -0.399 e. The monoisotopic (exact) mass is 271 g/mol. The molecule has 3 rings (SSSR count). The minimum absolute atomic E-state index is 0.300. The normalized spacial score (nSPS) is 20.8. The molecule has 1 aliphatic rings. The van der Waals surface area contributed by atoms with Gasteiger partial charge in [0, 0.05) is 24.2 Å². The fraction of sp³-hybridized carbons (Fsp3) is 0.500. The second-order valence-electron chi connectivity index (χ2n) is 6.80. The Labute approximate surface area is 121 Å². The molecular weight excluding hydrogens is 249 g/mol. The fourth-order valence-corrected chi connectivity index (χ4v) is 2.69. The van der Waals surface area contributed by atoms with Gasteiger partial charge in [-0.25, -0.2) is 0 Å². The summed E-state index contributed by atoms with van der Waals surface area (Å²) in [6, 6.07) is 6.49. The van der Waals surface area contributed by atoms with Crippen LogP contribution in [-0.2, 0) is 16.4 Å². The Kier molecular flexibility index (Phi) is 2.83. The molecule has 1 aromatic carbocycles. The summed E-state index contributed by atoms with van der Waals surface area (Å²) in [6.45, 7) is 10.5. The van der Waals surface area contributed by atoms with Crippen LogP contribution in [0.5, 0.6) is 0 Å². The van der Waals surface area contributed by atoms with E-state index in [9.17, 15) is 0 Å². The molecule has 1 saturated heterocycles. The standard InChI is InChI=1S/C16H22BNO2/c1-11-7-8-14-12(9-11)13(10-18(14)6)17-19-15(2,3)16(4,5)20-17/h7-10H,1-6H3. The molecule has 0 bridgehead atoms. The SMILES string of the molecule is Cc1ccc2c(c1)c(B1OC(C)(C)C(C)(C)O1)cn2C. The van der Waals surface area contributed by atoms with Crippen LogP contribution >= 0.6 is 0 Å². The molecule has 3 nitrogen and oxygen atoms in total. The summed E-state index contributed by atoms with van der Waals surface area (Å²) in [5, 5.41) is 1.21. The van der Waals surface area contributed by atoms with E-state index in [4.69, 9.17) is 9.31 Å². The number of benzene rings is 1. The maximum Gasteiger partial charge on any atom is 0.497 e. The molecule has 4 heteroatoms. The van der Waals surface area contributed by atoms with Gasteiger partial charge >= 0.3 is 7.12 Å². The highest BCUT2D eigenvalue weighted by Crippen LogP contribution is 2.37. The van der Waals surface area contributed by atoms with E-state index in [2.05, 4.69) is 70.6 Å². The van der Waals surface area contributed by atoms with Crippen LogP contribution in [0, 0.1) is 6.92 Å². The third-order valence-electron chi connectivity index (χ3n) is 4.68. The Hall–Kier alpha value is -1.26. The van der Waals surface area contributed by atoms with Crippen LogP contribution in [0.1, 0.15) is 33.3 Å². The van der Waals surface area contributed by atoms with Crippen molar-refractivity contribution in [2.75, 3.05) is 0 Å². The van der Waals surface area contributed by atoms with Crippen LogP contribution in [0.3, 0.4) is 0 Å². The van der Waals surface area contributed by atoms with Crippen molar-refractivity contribution in [1.82, 2.24) is 4.57 Å². The lowest BCUT2D eigenvalue weighted by Crippen LogP contribution is -2.41. The molecule has 1 aromatic heterocycles. The molecule has 20 heavy (non-hydrogen) atoms. The summed E-state index contributed by atoms with van der Waals surface area (Å²) < 4.78 is 14.5. The first-order chi connectivity index (χ1) is 9.21. The molecule has 0 atom stereocenters. The van der Waals surface area contributed by atoms with Crippen LogP contribution in [0.4, 0.5) is 0 Å². The van der Waals surface area contributed by atoms with E-state index in [1.54, 1.807) is 0 Å². The topological polar surface area (TPSA) is 23.4 Å². The third-order valence-corrected chi connectivity index (χ3v) is 4.68. The number of rotatable bonds is 1.